The predicted octanol–water partition coefficient (Wildman–Crippen LogP) is -0.157. The third-order valence-corrected chi connectivity index (χ3v) is 1.99. The molecule has 1 heterocycles. The lowest BCUT2D eigenvalue weighted by atomic mass is 10.4. The SMILES string of the molecule is CN(C)CCCNC(=O)Nc1ccc(=O)[nH]n1. The third kappa shape index (κ3) is 5.67. The van der Waals surface area contributed by atoms with Crippen LogP contribution in [0, 0.1) is 0 Å². The number of carbonyl (C=O) groups is 1. The van der Waals surface area contributed by atoms with Crippen LogP contribution in [-0.2, 0) is 0 Å². The van der Waals surface area contributed by atoms with Crippen LogP contribution in [0.2, 0.25) is 0 Å². The average molecular weight is 239 g/mol. The minimum Gasteiger partial charge on any atom is -0.338 e. The fourth-order valence-electron chi connectivity index (χ4n) is 1.17. The van der Waals surface area contributed by atoms with Crippen LogP contribution in [-0.4, -0.2) is 48.3 Å². The minimum atomic E-state index is -0.330. The first-order valence-electron chi connectivity index (χ1n) is 5.33. The molecule has 2 amide bonds. The number of rotatable bonds is 5. The van der Waals surface area contributed by atoms with E-state index in [1.54, 1.807) is 0 Å². The van der Waals surface area contributed by atoms with Crippen LogP contribution in [0.15, 0.2) is 16.9 Å². The summed E-state index contributed by atoms with van der Waals surface area (Å²) in [6.45, 7) is 1.50. The quantitative estimate of drug-likeness (QED) is 0.623. The summed E-state index contributed by atoms with van der Waals surface area (Å²) in [6, 6.07) is 2.41. The van der Waals surface area contributed by atoms with E-state index < -0.39 is 0 Å². The van der Waals surface area contributed by atoms with Gasteiger partial charge in [-0.15, -0.1) is 0 Å². The van der Waals surface area contributed by atoms with Gasteiger partial charge >= 0.3 is 6.03 Å². The highest BCUT2D eigenvalue weighted by atomic mass is 16.2. The van der Waals surface area contributed by atoms with Crippen LogP contribution in [0.25, 0.3) is 0 Å². The molecule has 94 valence electrons. The normalized spacial score (nSPS) is 10.3. The molecule has 0 spiro atoms. The Labute approximate surface area is 99.2 Å². The van der Waals surface area contributed by atoms with E-state index in [4.69, 9.17) is 0 Å². The van der Waals surface area contributed by atoms with Gasteiger partial charge in [-0.1, -0.05) is 0 Å². The second-order valence-corrected chi connectivity index (χ2v) is 3.84. The van der Waals surface area contributed by atoms with Gasteiger partial charge in [0.05, 0.1) is 0 Å². The highest BCUT2D eigenvalue weighted by molar-refractivity contribution is 5.87. The summed E-state index contributed by atoms with van der Waals surface area (Å²) in [5.74, 6) is 0.315. The molecular weight excluding hydrogens is 222 g/mol. The van der Waals surface area contributed by atoms with E-state index in [9.17, 15) is 9.59 Å². The van der Waals surface area contributed by atoms with Gasteiger partial charge in [0.1, 0.15) is 0 Å². The largest absolute Gasteiger partial charge is 0.338 e. The fourth-order valence-corrected chi connectivity index (χ4v) is 1.17. The maximum Gasteiger partial charge on any atom is 0.320 e. The smallest absolute Gasteiger partial charge is 0.320 e. The number of nitrogens with one attached hydrogen (secondary N) is 3. The maximum absolute atomic E-state index is 11.4. The number of nitrogens with zero attached hydrogens (tertiary/aromatic N) is 2. The van der Waals surface area contributed by atoms with Crippen molar-refractivity contribution in [3.63, 3.8) is 0 Å². The molecule has 1 aromatic rings. The highest BCUT2D eigenvalue weighted by Crippen LogP contribution is 1.94. The van der Waals surface area contributed by atoms with Crippen molar-refractivity contribution in [3.05, 3.63) is 22.5 Å². The van der Waals surface area contributed by atoms with Gasteiger partial charge in [0.25, 0.3) is 5.56 Å². The molecule has 7 heteroatoms. The summed E-state index contributed by atoms with van der Waals surface area (Å²) in [7, 11) is 3.95. The van der Waals surface area contributed by atoms with Crippen LogP contribution in [0.4, 0.5) is 10.6 Å². The van der Waals surface area contributed by atoms with Gasteiger partial charge in [0, 0.05) is 12.6 Å². The number of urea groups is 1. The number of aromatic nitrogens is 2. The average Bonchev–Trinajstić information content (AvgIpc) is 2.27. The molecule has 0 radical (unpaired) electrons. The lowest BCUT2D eigenvalue weighted by molar-refractivity contribution is 0.251. The summed E-state index contributed by atoms with van der Waals surface area (Å²) >= 11 is 0. The van der Waals surface area contributed by atoms with E-state index in [0.717, 1.165) is 13.0 Å². The van der Waals surface area contributed by atoms with E-state index in [1.807, 2.05) is 19.0 Å². The third-order valence-electron chi connectivity index (χ3n) is 1.99. The van der Waals surface area contributed by atoms with Gasteiger partial charge in [-0.25, -0.2) is 9.89 Å². The molecule has 1 rings (SSSR count). The van der Waals surface area contributed by atoms with Crippen molar-refractivity contribution >= 4 is 11.8 Å². The molecule has 0 atom stereocenters. The van der Waals surface area contributed by atoms with Crippen molar-refractivity contribution in [2.24, 2.45) is 0 Å². The zero-order chi connectivity index (χ0) is 12.7. The second-order valence-electron chi connectivity index (χ2n) is 3.84. The molecular formula is C10H17N5O2. The van der Waals surface area contributed by atoms with Crippen LogP contribution in [0.1, 0.15) is 6.42 Å². The van der Waals surface area contributed by atoms with Gasteiger partial charge in [0.2, 0.25) is 0 Å². The number of hydrogen-bond donors (Lipinski definition) is 3. The molecule has 0 aromatic carbocycles. The van der Waals surface area contributed by atoms with E-state index in [-0.39, 0.29) is 11.6 Å². The van der Waals surface area contributed by atoms with Gasteiger partial charge in [-0.3, -0.25) is 10.1 Å². The first-order chi connectivity index (χ1) is 8.08. The molecule has 0 saturated carbocycles. The molecule has 7 nitrogen and oxygen atoms in total. The molecule has 1 aromatic heterocycles. The van der Waals surface area contributed by atoms with Crippen molar-refractivity contribution in [2.75, 3.05) is 32.5 Å². The van der Waals surface area contributed by atoms with Gasteiger partial charge in [-0.2, -0.15) is 5.10 Å². The van der Waals surface area contributed by atoms with E-state index in [2.05, 4.69) is 20.8 Å². The second kappa shape index (κ2) is 6.64. The van der Waals surface area contributed by atoms with Gasteiger partial charge in [0.15, 0.2) is 5.82 Å². The Morgan fingerprint density at radius 1 is 1.47 bits per heavy atom. The zero-order valence-corrected chi connectivity index (χ0v) is 9.99. The molecule has 0 aliphatic rings. The van der Waals surface area contributed by atoms with Crippen LogP contribution < -0.4 is 16.2 Å². The first kappa shape index (κ1) is 13.2. The lowest BCUT2D eigenvalue weighted by Crippen LogP contribution is -2.31. The maximum atomic E-state index is 11.4. The molecule has 0 aliphatic carbocycles. The molecule has 0 bridgehead atoms. The molecule has 0 fully saturated rings. The number of hydrogen-bond acceptors (Lipinski definition) is 4. The van der Waals surface area contributed by atoms with Crippen molar-refractivity contribution < 1.29 is 4.79 Å². The van der Waals surface area contributed by atoms with Crippen LogP contribution in [0.5, 0.6) is 0 Å². The predicted molar refractivity (Wildman–Crippen MR) is 65.1 cm³/mol. The fraction of sp³-hybridized carbons (Fsp3) is 0.500. The Balaban J connectivity index is 2.25. The highest BCUT2D eigenvalue weighted by Gasteiger charge is 2.01. The van der Waals surface area contributed by atoms with Gasteiger partial charge < -0.3 is 10.2 Å². The Kier molecular flexibility index (Phi) is 5.15. The standard InChI is InChI=1S/C10H17N5O2/c1-15(2)7-3-6-11-10(17)12-8-4-5-9(16)14-13-8/h4-5H,3,6-7H2,1-2H3,(H,14,16)(H2,11,12,13,17). The Morgan fingerprint density at radius 2 is 2.24 bits per heavy atom. The zero-order valence-electron chi connectivity index (χ0n) is 9.99. The van der Waals surface area contributed by atoms with Crippen molar-refractivity contribution in [1.82, 2.24) is 20.4 Å². The molecule has 17 heavy (non-hydrogen) atoms. The molecule has 3 N–H and O–H groups in total. The topological polar surface area (TPSA) is 90.1 Å². The van der Waals surface area contributed by atoms with E-state index in [1.165, 1.54) is 12.1 Å². The molecule has 0 unspecified atom stereocenters. The van der Waals surface area contributed by atoms with E-state index >= 15 is 0 Å². The Hall–Kier alpha value is -1.89. The number of anilines is 1. The summed E-state index contributed by atoms with van der Waals surface area (Å²) < 4.78 is 0. The number of amides is 2. The van der Waals surface area contributed by atoms with Crippen LogP contribution >= 0.6 is 0 Å². The summed E-state index contributed by atoms with van der Waals surface area (Å²) in [5, 5.41) is 11.1. The first-order valence-corrected chi connectivity index (χ1v) is 5.33. The summed E-state index contributed by atoms with van der Waals surface area (Å²) in [6.07, 6.45) is 0.874. The number of aromatic amines is 1. The van der Waals surface area contributed by atoms with Crippen molar-refractivity contribution in [3.8, 4) is 0 Å². The summed E-state index contributed by atoms with van der Waals surface area (Å²) in [4.78, 5) is 24.2. The number of H-pyrrole nitrogens is 1. The molecule has 0 aliphatic heterocycles. The van der Waals surface area contributed by atoms with E-state index in [0.29, 0.717) is 12.4 Å². The Bertz CT molecular complexity index is 395. The lowest BCUT2D eigenvalue weighted by Gasteiger charge is -2.10. The minimum absolute atomic E-state index is 0.304. The monoisotopic (exact) mass is 239 g/mol. The van der Waals surface area contributed by atoms with Gasteiger partial charge in [-0.05, 0) is 33.1 Å². The number of carbonyl (C=O) groups excluding carboxylic acids is 1. The molecule has 0 saturated heterocycles. The van der Waals surface area contributed by atoms with Crippen molar-refractivity contribution in [2.45, 2.75) is 6.42 Å². The van der Waals surface area contributed by atoms with Crippen LogP contribution in [0.3, 0.4) is 0 Å². The van der Waals surface area contributed by atoms with Crippen molar-refractivity contribution in [1.29, 1.82) is 0 Å². The summed E-state index contributed by atoms with van der Waals surface area (Å²) in [5.41, 5.74) is -0.304. The Morgan fingerprint density at radius 3 is 2.82 bits per heavy atom.